The Bertz CT molecular complexity index is 875. The average Bonchev–Trinajstić information content (AvgIpc) is 3.27. The second-order valence-electron chi connectivity index (χ2n) is 6.79. The van der Waals surface area contributed by atoms with Gasteiger partial charge in [-0.25, -0.2) is 0 Å². The van der Waals surface area contributed by atoms with E-state index in [1.54, 1.807) is 17.4 Å². The van der Waals surface area contributed by atoms with Crippen molar-refractivity contribution in [2.45, 2.75) is 33.2 Å². The van der Waals surface area contributed by atoms with E-state index in [1.165, 1.54) is 12.8 Å². The molecule has 1 aromatic carbocycles. The van der Waals surface area contributed by atoms with Crippen LogP contribution in [-0.2, 0) is 6.54 Å². The van der Waals surface area contributed by atoms with Gasteiger partial charge in [-0.2, -0.15) is 0 Å². The lowest BCUT2D eigenvalue weighted by Gasteiger charge is -2.18. The van der Waals surface area contributed by atoms with Crippen molar-refractivity contribution in [3.63, 3.8) is 0 Å². The molecule has 0 amide bonds. The first-order chi connectivity index (χ1) is 12.0. The number of thiophene rings is 1. The first-order valence-electron chi connectivity index (χ1n) is 8.60. The van der Waals surface area contributed by atoms with E-state index in [1.807, 2.05) is 31.4 Å². The van der Waals surface area contributed by atoms with E-state index in [9.17, 15) is 9.90 Å². The number of aryl methyl sites for hydroxylation is 2. The highest BCUT2D eigenvalue weighted by atomic mass is 32.1. The Labute approximate surface area is 151 Å². The number of allylic oxidation sites excluding steroid dienone is 1. The van der Waals surface area contributed by atoms with E-state index in [0.717, 1.165) is 34.7 Å². The molecule has 2 aliphatic rings. The van der Waals surface area contributed by atoms with Crippen LogP contribution >= 0.6 is 11.3 Å². The lowest BCUT2D eigenvalue weighted by Crippen LogP contribution is -2.19. The molecule has 130 valence electrons. The third kappa shape index (κ3) is 2.87. The van der Waals surface area contributed by atoms with Gasteiger partial charge >= 0.3 is 0 Å². The monoisotopic (exact) mass is 355 g/mol. The van der Waals surface area contributed by atoms with Gasteiger partial charge in [-0.3, -0.25) is 9.69 Å². The molecule has 1 saturated heterocycles. The molecule has 1 fully saturated rings. The maximum absolute atomic E-state index is 12.9. The van der Waals surface area contributed by atoms with Crippen molar-refractivity contribution in [1.29, 1.82) is 0 Å². The fourth-order valence-electron chi connectivity index (χ4n) is 3.55. The predicted molar refractivity (Wildman–Crippen MR) is 99.3 cm³/mol. The van der Waals surface area contributed by atoms with Crippen molar-refractivity contribution >= 4 is 23.2 Å². The normalized spacial score (nSPS) is 18.8. The standard InChI is InChI=1S/C20H21NO3S/c1-12-5-8-25-17(12)10-16-19(23)18-13(2)9-15(22)14(20(18)24-16)11-21-6-3-4-7-21/h5,8-10,22H,3-4,6-7,11H2,1-2H3/b16-10-. The van der Waals surface area contributed by atoms with Crippen molar-refractivity contribution in [3.8, 4) is 11.5 Å². The van der Waals surface area contributed by atoms with Crippen LogP contribution in [0.4, 0.5) is 0 Å². The number of phenols is 1. The molecular formula is C20H21NO3S. The average molecular weight is 355 g/mol. The fourth-order valence-corrected chi connectivity index (χ4v) is 4.40. The molecule has 0 radical (unpaired) electrons. The third-order valence-corrected chi connectivity index (χ3v) is 5.93. The summed E-state index contributed by atoms with van der Waals surface area (Å²) in [6, 6.07) is 3.71. The Balaban J connectivity index is 1.75. The summed E-state index contributed by atoms with van der Waals surface area (Å²) in [5, 5.41) is 12.5. The van der Waals surface area contributed by atoms with Crippen molar-refractivity contribution in [2.24, 2.45) is 0 Å². The fraction of sp³-hybridized carbons (Fsp3) is 0.350. The molecule has 0 bridgehead atoms. The SMILES string of the molecule is Cc1ccsc1/C=C1\Oc2c(CN3CCCC3)c(O)cc(C)c2C1=O. The van der Waals surface area contributed by atoms with Gasteiger partial charge in [0.2, 0.25) is 5.78 Å². The number of carbonyl (C=O) groups excluding carboxylic acids is 1. The molecule has 2 aliphatic heterocycles. The molecule has 0 aliphatic carbocycles. The summed E-state index contributed by atoms with van der Waals surface area (Å²) in [6.45, 7) is 6.53. The Hall–Kier alpha value is -2.11. The molecule has 4 rings (SSSR count). The predicted octanol–water partition coefficient (Wildman–Crippen LogP) is 4.28. The van der Waals surface area contributed by atoms with Gasteiger partial charge in [-0.05, 0) is 68.4 Å². The van der Waals surface area contributed by atoms with Gasteiger partial charge < -0.3 is 9.84 Å². The minimum atomic E-state index is -0.0945. The van der Waals surface area contributed by atoms with Gasteiger partial charge in [0.15, 0.2) is 5.76 Å². The highest BCUT2D eigenvalue weighted by Gasteiger charge is 2.34. The van der Waals surface area contributed by atoms with Crippen LogP contribution in [0.2, 0.25) is 0 Å². The van der Waals surface area contributed by atoms with Crippen LogP contribution in [0.3, 0.4) is 0 Å². The van der Waals surface area contributed by atoms with E-state index >= 15 is 0 Å². The second-order valence-corrected chi connectivity index (χ2v) is 7.73. The molecule has 1 aromatic heterocycles. The van der Waals surface area contributed by atoms with Crippen molar-refractivity contribution < 1.29 is 14.6 Å². The van der Waals surface area contributed by atoms with Gasteiger partial charge in [-0.1, -0.05) is 0 Å². The van der Waals surface area contributed by atoms with Gasteiger partial charge in [0.1, 0.15) is 11.5 Å². The van der Waals surface area contributed by atoms with Crippen molar-refractivity contribution in [2.75, 3.05) is 13.1 Å². The highest BCUT2D eigenvalue weighted by molar-refractivity contribution is 7.11. The zero-order valence-electron chi connectivity index (χ0n) is 14.5. The Kier molecular flexibility index (Phi) is 4.13. The van der Waals surface area contributed by atoms with Gasteiger partial charge in [-0.15, -0.1) is 11.3 Å². The summed E-state index contributed by atoms with van der Waals surface area (Å²) in [4.78, 5) is 16.2. The van der Waals surface area contributed by atoms with Crippen LogP contribution in [0.1, 0.15) is 44.8 Å². The number of aromatic hydroxyl groups is 1. The number of carbonyl (C=O) groups is 1. The van der Waals surface area contributed by atoms with Gasteiger partial charge in [0.05, 0.1) is 11.1 Å². The van der Waals surface area contributed by atoms with Crippen LogP contribution in [0.5, 0.6) is 11.5 Å². The minimum absolute atomic E-state index is 0.0945. The number of hydrogen-bond donors (Lipinski definition) is 1. The quantitative estimate of drug-likeness (QED) is 0.835. The molecule has 1 N–H and O–H groups in total. The van der Waals surface area contributed by atoms with Crippen LogP contribution in [0.25, 0.3) is 6.08 Å². The third-order valence-electron chi connectivity index (χ3n) is 4.97. The molecule has 0 atom stereocenters. The first kappa shape index (κ1) is 16.4. The summed E-state index contributed by atoms with van der Waals surface area (Å²) in [7, 11) is 0. The van der Waals surface area contributed by atoms with Gasteiger partial charge in [0, 0.05) is 17.5 Å². The van der Waals surface area contributed by atoms with Crippen LogP contribution in [0.15, 0.2) is 23.3 Å². The largest absolute Gasteiger partial charge is 0.507 e. The summed E-state index contributed by atoms with van der Waals surface area (Å²) >= 11 is 1.59. The molecular weight excluding hydrogens is 334 g/mol. The van der Waals surface area contributed by atoms with Gasteiger partial charge in [0.25, 0.3) is 0 Å². The number of rotatable bonds is 3. The van der Waals surface area contributed by atoms with E-state index in [2.05, 4.69) is 4.90 Å². The number of Topliss-reactive ketones (excluding diaryl/α,β-unsaturated/α-hetero) is 1. The number of nitrogens with zero attached hydrogens (tertiary/aromatic N) is 1. The summed E-state index contributed by atoms with van der Waals surface area (Å²) in [6.07, 6.45) is 4.17. The number of phenolic OH excluding ortho intramolecular Hbond substituents is 1. The van der Waals surface area contributed by atoms with E-state index in [4.69, 9.17) is 4.74 Å². The molecule has 2 aromatic rings. The summed E-state index contributed by atoms with van der Waals surface area (Å²) < 4.78 is 5.98. The lowest BCUT2D eigenvalue weighted by atomic mass is 9.99. The Morgan fingerprint density at radius 1 is 1.28 bits per heavy atom. The Morgan fingerprint density at radius 2 is 2.04 bits per heavy atom. The maximum Gasteiger partial charge on any atom is 0.232 e. The number of ether oxygens (including phenoxy) is 1. The molecule has 3 heterocycles. The molecule has 25 heavy (non-hydrogen) atoms. The van der Waals surface area contributed by atoms with E-state index in [0.29, 0.717) is 23.6 Å². The zero-order valence-corrected chi connectivity index (χ0v) is 15.3. The minimum Gasteiger partial charge on any atom is -0.507 e. The molecule has 0 spiro atoms. The second kappa shape index (κ2) is 6.32. The highest BCUT2D eigenvalue weighted by Crippen LogP contribution is 2.42. The molecule has 5 heteroatoms. The summed E-state index contributed by atoms with van der Waals surface area (Å²) in [5.74, 6) is 0.999. The number of ketones is 1. The molecule has 0 unspecified atom stereocenters. The van der Waals surface area contributed by atoms with E-state index in [-0.39, 0.29) is 11.5 Å². The van der Waals surface area contributed by atoms with Crippen molar-refractivity contribution in [1.82, 2.24) is 4.90 Å². The van der Waals surface area contributed by atoms with Crippen LogP contribution in [0, 0.1) is 13.8 Å². The lowest BCUT2D eigenvalue weighted by molar-refractivity contribution is 0.101. The topological polar surface area (TPSA) is 49.8 Å². The number of fused-ring (bicyclic) bond motifs is 1. The zero-order chi connectivity index (χ0) is 17.6. The number of hydrogen-bond acceptors (Lipinski definition) is 5. The molecule has 4 nitrogen and oxygen atoms in total. The Morgan fingerprint density at radius 3 is 2.72 bits per heavy atom. The summed E-state index contributed by atoms with van der Waals surface area (Å²) in [5.41, 5.74) is 3.20. The van der Waals surface area contributed by atoms with Crippen molar-refractivity contribution in [3.05, 3.63) is 50.4 Å². The smallest absolute Gasteiger partial charge is 0.232 e. The van der Waals surface area contributed by atoms with Crippen LogP contribution < -0.4 is 4.74 Å². The maximum atomic E-state index is 12.9. The number of likely N-dealkylation sites (tertiary alicyclic amines) is 1. The molecule has 0 saturated carbocycles. The number of benzene rings is 1. The first-order valence-corrected chi connectivity index (χ1v) is 9.48. The van der Waals surface area contributed by atoms with E-state index < -0.39 is 0 Å². The van der Waals surface area contributed by atoms with Crippen LogP contribution in [-0.4, -0.2) is 28.9 Å².